The van der Waals surface area contributed by atoms with Gasteiger partial charge in [0.15, 0.2) is 5.76 Å². The number of halogens is 2. The SMILES string of the molecule is CC(CC1CCC(NC(=O)c2ccco2)CC1)N1CCN(c2cccc(Cl)c2Cl)CC1. The number of amides is 1. The van der Waals surface area contributed by atoms with E-state index in [9.17, 15) is 4.79 Å². The van der Waals surface area contributed by atoms with Crippen LogP contribution in [0.2, 0.25) is 10.0 Å². The van der Waals surface area contributed by atoms with E-state index in [1.54, 1.807) is 12.1 Å². The zero-order valence-electron chi connectivity index (χ0n) is 18.0. The quantitative estimate of drug-likeness (QED) is 0.616. The van der Waals surface area contributed by atoms with Gasteiger partial charge < -0.3 is 14.6 Å². The molecule has 2 aromatic rings. The molecule has 1 aromatic carbocycles. The summed E-state index contributed by atoms with van der Waals surface area (Å²) in [6, 6.07) is 10.1. The van der Waals surface area contributed by atoms with Gasteiger partial charge in [-0.25, -0.2) is 0 Å². The summed E-state index contributed by atoms with van der Waals surface area (Å²) in [6.45, 7) is 6.37. The molecule has 7 heteroatoms. The first-order chi connectivity index (χ1) is 15.0. The molecule has 1 aliphatic carbocycles. The van der Waals surface area contributed by atoms with Crippen LogP contribution in [0.4, 0.5) is 5.69 Å². The third-order valence-corrected chi connectivity index (χ3v) is 7.62. The molecule has 2 aliphatic rings. The van der Waals surface area contributed by atoms with Crippen LogP contribution in [-0.2, 0) is 0 Å². The lowest BCUT2D eigenvalue weighted by atomic mass is 9.82. The van der Waals surface area contributed by atoms with E-state index in [0.29, 0.717) is 21.8 Å². The van der Waals surface area contributed by atoms with Crippen molar-refractivity contribution in [2.75, 3.05) is 31.1 Å². The van der Waals surface area contributed by atoms with Crippen molar-refractivity contribution in [3.8, 4) is 0 Å². The van der Waals surface area contributed by atoms with Gasteiger partial charge in [-0.2, -0.15) is 0 Å². The highest BCUT2D eigenvalue weighted by Gasteiger charge is 2.28. The topological polar surface area (TPSA) is 48.7 Å². The normalized spacial score (nSPS) is 23.5. The number of anilines is 1. The van der Waals surface area contributed by atoms with E-state index in [1.807, 2.05) is 12.1 Å². The van der Waals surface area contributed by atoms with Crippen LogP contribution in [-0.4, -0.2) is 49.1 Å². The smallest absolute Gasteiger partial charge is 0.287 e. The van der Waals surface area contributed by atoms with E-state index in [0.717, 1.165) is 50.6 Å². The standard InChI is InChI=1S/C24H31Cl2N3O2/c1-17(28-11-13-29(14-12-28)21-5-2-4-20(25)23(21)26)16-18-7-9-19(10-8-18)27-24(30)22-6-3-15-31-22/h2-6,15,17-19H,7-14,16H2,1H3,(H,27,30). The summed E-state index contributed by atoms with van der Waals surface area (Å²) in [5.74, 6) is 1.03. The fraction of sp³-hybridized carbons (Fsp3) is 0.542. The Bertz CT molecular complexity index is 858. The van der Waals surface area contributed by atoms with Crippen molar-refractivity contribution >= 4 is 34.8 Å². The number of carbonyl (C=O) groups is 1. The van der Waals surface area contributed by atoms with E-state index >= 15 is 0 Å². The van der Waals surface area contributed by atoms with Crippen LogP contribution in [0.5, 0.6) is 0 Å². The zero-order valence-corrected chi connectivity index (χ0v) is 19.5. The molecule has 1 unspecified atom stereocenters. The second-order valence-corrected chi connectivity index (χ2v) is 9.63. The maximum Gasteiger partial charge on any atom is 0.287 e. The van der Waals surface area contributed by atoms with Gasteiger partial charge in [0, 0.05) is 38.3 Å². The number of piperazine rings is 1. The number of hydrogen-bond acceptors (Lipinski definition) is 4. The Balaban J connectivity index is 1.20. The summed E-state index contributed by atoms with van der Waals surface area (Å²) in [4.78, 5) is 17.1. The van der Waals surface area contributed by atoms with E-state index in [1.165, 1.54) is 25.5 Å². The summed E-state index contributed by atoms with van der Waals surface area (Å²) in [5, 5.41) is 4.39. The Labute approximate surface area is 194 Å². The second-order valence-electron chi connectivity index (χ2n) is 8.85. The monoisotopic (exact) mass is 463 g/mol. The van der Waals surface area contributed by atoms with Gasteiger partial charge in [0.2, 0.25) is 0 Å². The van der Waals surface area contributed by atoms with E-state index in [2.05, 4.69) is 28.1 Å². The second kappa shape index (κ2) is 10.3. The van der Waals surface area contributed by atoms with Crippen LogP contribution >= 0.6 is 23.2 Å². The predicted molar refractivity (Wildman–Crippen MR) is 126 cm³/mol. The van der Waals surface area contributed by atoms with Gasteiger partial charge in [-0.3, -0.25) is 9.69 Å². The third-order valence-electron chi connectivity index (χ3n) is 6.81. The van der Waals surface area contributed by atoms with Crippen molar-refractivity contribution in [3.05, 3.63) is 52.4 Å². The molecule has 1 amide bonds. The largest absolute Gasteiger partial charge is 0.459 e. The van der Waals surface area contributed by atoms with E-state index in [4.69, 9.17) is 27.6 Å². The Morgan fingerprint density at radius 3 is 2.52 bits per heavy atom. The molecule has 1 saturated carbocycles. The highest BCUT2D eigenvalue weighted by molar-refractivity contribution is 6.43. The number of hydrogen-bond donors (Lipinski definition) is 1. The number of nitrogens with one attached hydrogen (secondary N) is 1. The van der Waals surface area contributed by atoms with Crippen LogP contribution in [0.25, 0.3) is 0 Å². The van der Waals surface area contributed by atoms with Gasteiger partial charge in [-0.05, 0) is 69.2 Å². The highest BCUT2D eigenvalue weighted by atomic mass is 35.5. The summed E-state index contributed by atoms with van der Waals surface area (Å²) >= 11 is 12.6. The van der Waals surface area contributed by atoms with Crippen molar-refractivity contribution in [3.63, 3.8) is 0 Å². The van der Waals surface area contributed by atoms with E-state index < -0.39 is 0 Å². The molecule has 0 bridgehead atoms. The number of furan rings is 1. The lowest BCUT2D eigenvalue weighted by molar-refractivity contribution is 0.0887. The fourth-order valence-corrected chi connectivity index (χ4v) is 5.39. The first-order valence-electron chi connectivity index (χ1n) is 11.3. The molecule has 2 fully saturated rings. The van der Waals surface area contributed by atoms with Gasteiger partial charge in [-0.1, -0.05) is 29.3 Å². The number of rotatable bonds is 6. The van der Waals surface area contributed by atoms with Crippen LogP contribution in [0.1, 0.15) is 49.6 Å². The van der Waals surface area contributed by atoms with Gasteiger partial charge in [0.1, 0.15) is 0 Å². The molecule has 1 N–H and O–H groups in total. The molecule has 5 nitrogen and oxygen atoms in total. The molecule has 2 heterocycles. The summed E-state index contributed by atoms with van der Waals surface area (Å²) < 4.78 is 5.19. The van der Waals surface area contributed by atoms with Gasteiger partial charge >= 0.3 is 0 Å². The van der Waals surface area contributed by atoms with Crippen molar-refractivity contribution in [1.82, 2.24) is 10.2 Å². The molecule has 4 rings (SSSR count). The molecule has 1 aliphatic heterocycles. The summed E-state index contributed by atoms with van der Waals surface area (Å²) in [5.41, 5.74) is 1.04. The Hall–Kier alpha value is -1.69. The minimum Gasteiger partial charge on any atom is -0.459 e. The average Bonchev–Trinajstić information content (AvgIpc) is 3.32. The number of nitrogens with zero attached hydrogens (tertiary/aromatic N) is 2. The summed E-state index contributed by atoms with van der Waals surface area (Å²) in [7, 11) is 0. The van der Waals surface area contributed by atoms with E-state index in [-0.39, 0.29) is 11.9 Å². The van der Waals surface area contributed by atoms with Gasteiger partial charge in [0.25, 0.3) is 5.91 Å². The molecular weight excluding hydrogens is 433 g/mol. The van der Waals surface area contributed by atoms with Crippen LogP contribution in [0.3, 0.4) is 0 Å². The van der Waals surface area contributed by atoms with Gasteiger partial charge in [0.05, 0.1) is 22.0 Å². The fourth-order valence-electron chi connectivity index (χ4n) is 4.98. The lowest BCUT2D eigenvalue weighted by Gasteiger charge is -2.41. The molecule has 0 radical (unpaired) electrons. The molecule has 0 spiro atoms. The first kappa shape index (κ1) is 22.5. The predicted octanol–water partition coefficient (Wildman–Crippen LogP) is 5.48. The van der Waals surface area contributed by atoms with Crippen molar-refractivity contribution in [2.45, 2.75) is 51.1 Å². The molecule has 31 heavy (non-hydrogen) atoms. The Morgan fingerprint density at radius 1 is 1.10 bits per heavy atom. The number of benzene rings is 1. The van der Waals surface area contributed by atoms with Crippen LogP contribution in [0.15, 0.2) is 41.0 Å². The molecule has 168 valence electrons. The first-order valence-corrected chi connectivity index (χ1v) is 12.0. The highest BCUT2D eigenvalue weighted by Crippen LogP contribution is 2.34. The molecular formula is C24H31Cl2N3O2. The maximum atomic E-state index is 12.2. The molecule has 1 aromatic heterocycles. The molecule has 1 saturated heterocycles. The number of carbonyl (C=O) groups excluding carboxylic acids is 1. The van der Waals surface area contributed by atoms with Crippen LogP contribution < -0.4 is 10.2 Å². The zero-order chi connectivity index (χ0) is 21.8. The van der Waals surface area contributed by atoms with Crippen molar-refractivity contribution in [1.29, 1.82) is 0 Å². The minimum atomic E-state index is -0.0977. The van der Waals surface area contributed by atoms with Crippen LogP contribution in [0, 0.1) is 5.92 Å². The van der Waals surface area contributed by atoms with Gasteiger partial charge in [-0.15, -0.1) is 0 Å². The lowest BCUT2D eigenvalue weighted by Crippen LogP contribution is -2.50. The minimum absolute atomic E-state index is 0.0977. The maximum absolute atomic E-state index is 12.2. The average molecular weight is 464 g/mol. The molecule has 1 atom stereocenters. The Kier molecular flexibility index (Phi) is 7.47. The van der Waals surface area contributed by atoms with Crippen molar-refractivity contribution in [2.24, 2.45) is 5.92 Å². The summed E-state index contributed by atoms with van der Waals surface area (Å²) in [6.07, 6.45) is 7.19. The third kappa shape index (κ3) is 5.57. The van der Waals surface area contributed by atoms with Crippen molar-refractivity contribution < 1.29 is 9.21 Å². The Morgan fingerprint density at radius 2 is 1.84 bits per heavy atom.